The molecule has 2 amide bonds. The van der Waals surface area contributed by atoms with Gasteiger partial charge in [-0.05, 0) is 18.6 Å². The molecule has 2 aliphatic heterocycles. The number of fused-ring (bicyclic) bond motifs is 2. The van der Waals surface area contributed by atoms with E-state index in [0.717, 1.165) is 36.8 Å². The van der Waals surface area contributed by atoms with Gasteiger partial charge in [-0.15, -0.1) is 0 Å². The Labute approximate surface area is 182 Å². The maximum Gasteiger partial charge on any atom is 0.230 e. The Balaban J connectivity index is 1.58. The van der Waals surface area contributed by atoms with Gasteiger partial charge in [-0.1, -0.05) is 48.0 Å². The molecule has 1 atom stereocenters. The fourth-order valence-corrected chi connectivity index (χ4v) is 4.79. The van der Waals surface area contributed by atoms with E-state index < -0.39 is 0 Å². The van der Waals surface area contributed by atoms with Gasteiger partial charge in [-0.25, -0.2) is 0 Å². The fraction of sp³-hybridized carbons (Fsp3) is 0.455. The highest BCUT2D eigenvalue weighted by Crippen LogP contribution is 2.30. The SMILES string of the molecule is C/C(Cl)=C\CC(=O)NC/C=C\CC(=O)N1CC2CSCCN2Cc2ccccc21. The number of hydrogen-bond acceptors (Lipinski definition) is 4. The molecule has 0 aromatic heterocycles. The van der Waals surface area contributed by atoms with Crippen molar-refractivity contribution in [2.45, 2.75) is 32.4 Å². The number of carbonyl (C=O) groups excluding carboxylic acids is 2. The van der Waals surface area contributed by atoms with E-state index in [9.17, 15) is 9.59 Å². The van der Waals surface area contributed by atoms with Crippen molar-refractivity contribution in [3.63, 3.8) is 0 Å². The van der Waals surface area contributed by atoms with Crippen LogP contribution in [0.1, 0.15) is 25.3 Å². The predicted octanol–water partition coefficient (Wildman–Crippen LogP) is 3.55. The first-order valence-corrected chi connectivity index (χ1v) is 11.5. The van der Waals surface area contributed by atoms with Gasteiger partial charge < -0.3 is 10.2 Å². The maximum atomic E-state index is 13.0. The number of hydrogen-bond donors (Lipinski definition) is 1. The van der Waals surface area contributed by atoms with E-state index >= 15 is 0 Å². The average Bonchev–Trinajstić information content (AvgIpc) is 2.88. The molecule has 29 heavy (non-hydrogen) atoms. The first-order chi connectivity index (χ1) is 14.0. The quantitative estimate of drug-likeness (QED) is 0.697. The highest BCUT2D eigenvalue weighted by Gasteiger charge is 2.31. The Morgan fingerprint density at radius 1 is 1.28 bits per heavy atom. The largest absolute Gasteiger partial charge is 0.352 e. The number of nitrogens with zero attached hydrogens (tertiary/aromatic N) is 2. The number of allylic oxidation sites excluding steroid dienone is 1. The van der Waals surface area contributed by atoms with Crippen molar-refractivity contribution in [3.8, 4) is 0 Å². The van der Waals surface area contributed by atoms with Gasteiger partial charge in [0.05, 0.1) is 0 Å². The van der Waals surface area contributed by atoms with Gasteiger partial charge in [0, 0.05) is 67.3 Å². The molecule has 1 N–H and O–H groups in total. The van der Waals surface area contributed by atoms with Gasteiger partial charge >= 0.3 is 0 Å². The number of para-hydroxylation sites is 1. The average molecular weight is 434 g/mol. The van der Waals surface area contributed by atoms with Crippen molar-refractivity contribution in [1.82, 2.24) is 10.2 Å². The Morgan fingerprint density at radius 2 is 2.10 bits per heavy atom. The van der Waals surface area contributed by atoms with Crippen LogP contribution in [-0.2, 0) is 16.1 Å². The van der Waals surface area contributed by atoms with E-state index in [4.69, 9.17) is 11.6 Å². The third-order valence-corrected chi connectivity index (χ3v) is 6.39. The summed E-state index contributed by atoms with van der Waals surface area (Å²) in [5.74, 6) is 2.23. The summed E-state index contributed by atoms with van der Waals surface area (Å²) in [4.78, 5) is 29.1. The molecule has 0 bridgehead atoms. The molecular weight excluding hydrogens is 406 g/mol. The second-order valence-corrected chi connectivity index (χ2v) is 9.05. The monoisotopic (exact) mass is 433 g/mol. The third kappa shape index (κ3) is 6.36. The number of amides is 2. The number of anilines is 1. The minimum Gasteiger partial charge on any atom is -0.352 e. The first kappa shape index (κ1) is 21.9. The molecule has 0 radical (unpaired) electrons. The number of benzene rings is 1. The second kappa shape index (κ2) is 10.9. The van der Waals surface area contributed by atoms with Crippen molar-refractivity contribution >= 4 is 40.9 Å². The van der Waals surface area contributed by atoms with Gasteiger partial charge in [-0.3, -0.25) is 14.5 Å². The molecule has 1 saturated heterocycles. The van der Waals surface area contributed by atoms with Crippen molar-refractivity contribution in [3.05, 3.63) is 53.1 Å². The smallest absolute Gasteiger partial charge is 0.230 e. The van der Waals surface area contributed by atoms with Crippen LogP contribution in [0.5, 0.6) is 0 Å². The molecule has 1 fully saturated rings. The summed E-state index contributed by atoms with van der Waals surface area (Å²) in [6.45, 7) is 4.86. The Bertz CT molecular complexity index is 792. The van der Waals surface area contributed by atoms with Crippen molar-refractivity contribution in [1.29, 1.82) is 0 Å². The van der Waals surface area contributed by atoms with Crippen LogP contribution < -0.4 is 10.2 Å². The predicted molar refractivity (Wildman–Crippen MR) is 121 cm³/mol. The van der Waals surface area contributed by atoms with Gasteiger partial charge in [0.25, 0.3) is 0 Å². The topological polar surface area (TPSA) is 52.7 Å². The fourth-order valence-electron chi connectivity index (χ4n) is 3.59. The van der Waals surface area contributed by atoms with E-state index in [-0.39, 0.29) is 18.2 Å². The summed E-state index contributed by atoms with van der Waals surface area (Å²) >= 11 is 7.69. The van der Waals surface area contributed by atoms with Crippen LogP contribution in [0.15, 0.2) is 47.5 Å². The molecule has 2 heterocycles. The summed E-state index contributed by atoms with van der Waals surface area (Å²) in [5, 5.41) is 3.40. The highest BCUT2D eigenvalue weighted by molar-refractivity contribution is 7.99. The number of thioether (sulfide) groups is 1. The lowest BCUT2D eigenvalue weighted by molar-refractivity contribution is -0.120. The molecule has 5 nitrogen and oxygen atoms in total. The van der Waals surface area contributed by atoms with Gasteiger partial charge in [0.15, 0.2) is 0 Å². The number of carbonyl (C=O) groups is 2. The molecule has 7 heteroatoms. The second-order valence-electron chi connectivity index (χ2n) is 7.31. The zero-order valence-electron chi connectivity index (χ0n) is 16.8. The van der Waals surface area contributed by atoms with Crippen molar-refractivity contribution in [2.75, 3.05) is 36.0 Å². The van der Waals surface area contributed by atoms with Crippen molar-refractivity contribution in [2.24, 2.45) is 0 Å². The molecular formula is C22H28ClN3O2S. The number of nitrogens with one attached hydrogen (secondary N) is 1. The Kier molecular flexibility index (Phi) is 8.21. The van der Waals surface area contributed by atoms with Crippen LogP contribution in [0.4, 0.5) is 5.69 Å². The van der Waals surface area contributed by atoms with E-state index in [0.29, 0.717) is 24.0 Å². The Hall–Kier alpha value is -1.76. The van der Waals surface area contributed by atoms with Crippen LogP contribution in [0.3, 0.4) is 0 Å². The molecule has 0 aliphatic carbocycles. The maximum absolute atomic E-state index is 13.0. The normalized spacial score (nSPS) is 20.1. The van der Waals surface area contributed by atoms with Crippen LogP contribution in [-0.4, -0.2) is 53.9 Å². The molecule has 2 aliphatic rings. The van der Waals surface area contributed by atoms with E-state index in [1.807, 2.05) is 40.9 Å². The summed E-state index contributed by atoms with van der Waals surface area (Å²) < 4.78 is 0. The molecule has 1 aromatic rings. The van der Waals surface area contributed by atoms with Crippen LogP contribution in [0, 0.1) is 0 Å². The molecule has 0 saturated carbocycles. The van der Waals surface area contributed by atoms with Crippen LogP contribution in [0.25, 0.3) is 0 Å². The number of halogens is 1. The molecule has 1 unspecified atom stereocenters. The molecule has 0 spiro atoms. The summed E-state index contributed by atoms with van der Waals surface area (Å²) in [6.07, 6.45) is 5.94. The lowest BCUT2D eigenvalue weighted by atomic mass is 10.1. The van der Waals surface area contributed by atoms with E-state index in [2.05, 4.69) is 22.3 Å². The summed E-state index contributed by atoms with van der Waals surface area (Å²) in [5.41, 5.74) is 2.25. The highest BCUT2D eigenvalue weighted by atomic mass is 35.5. The van der Waals surface area contributed by atoms with Gasteiger partial charge in [-0.2, -0.15) is 11.8 Å². The summed E-state index contributed by atoms with van der Waals surface area (Å²) in [6, 6.07) is 8.62. The molecule has 3 rings (SSSR count). The lowest BCUT2D eigenvalue weighted by Gasteiger charge is -2.35. The van der Waals surface area contributed by atoms with E-state index in [1.54, 1.807) is 13.0 Å². The van der Waals surface area contributed by atoms with Gasteiger partial charge in [0.2, 0.25) is 11.8 Å². The minimum absolute atomic E-state index is 0.0858. The van der Waals surface area contributed by atoms with Crippen LogP contribution >= 0.6 is 23.4 Å². The van der Waals surface area contributed by atoms with Gasteiger partial charge in [0.1, 0.15) is 0 Å². The molecule has 1 aromatic carbocycles. The summed E-state index contributed by atoms with van der Waals surface area (Å²) in [7, 11) is 0. The van der Waals surface area contributed by atoms with Crippen LogP contribution in [0.2, 0.25) is 0 Å². The lowest BCUT2D eigenvalue weighted by Crippen LogP contribution is -2.47. The zero-order valence-corrected chi connectivity index (χ0v) is 18.3. The number of rotatable bonds is 6. The standard InChI is InChI=1S/C22H28ClN3O2S/c1-17(23)9-10-21(27)24-11-5-4-8-22(28)26-15-19-16-29-13-12-25(19)14-18-6-2-3-7-20(18)26/h2-7,9,19H,8,10-16H2,1H3,(H,24,27)/b5-4-,17-9+. The Morgan fingerprint density at radius 3 is 2.93 bits per heavy atom. The van der Waals surface area contributed by atoms with E-state index in [1.165, 1.54) is 5.56 Å². The first-order valence-electron chi connectivity index (χ1n) is 9.98. The zero-order chi connectivity index (χ0) is 20.6. The third-order valence-electron chi connectivity index (χ3n) is 5.14. The minimum atomic E-state index is -0.0858. The van der Waals surface area contributed by atoms with Crippen molar-refractivity contribution < 1.29 is 9.59 Å². The molecule has 156 valence electrons.